The maximum atomic E-state index is 10.5. The molecular weight excluding hydrogens is 184 g/mol. The maximum absolute atomic E-state index is 10.5. The van der Waals surface area contributed by atoms with Crippen LogP contribution in [0.3, 0.4) is 0 Å². The third kappa shape index (κ3) is 1.39. The highest BCUT2D eigenvalue weighted by Crippen LogP contribution is 2.20. The third-order valence-electron chi connectivity index (χ3n) is 1.78. The topological polar surface area (TPSA) is 79.1 Å². The highest BCUT2D eigenvalue weighted by atomic mass is 16.4. The fourth-order valence-corrected chi connectivity index (χ4v) is 1.13. The number of nitrogens with one attached hydrogen (secondary N) is 1. The zero-order valence-corrected chi connectivity index (χ0v) is 7.44. The molecule has 0 spiro atoms. The lowest BCUT2D eigenvalue weighted by molar-refractivity contribution is 0.0663. The van der Waals surface area contributed by atoms with Crippen molar-refractivity contribution in [3.8, 4) is 11.5 Å². The molecule has 5 heteroatoms. The molecule has 0 saturated carbocycles. The largest absolute Gasteiger partial charge is 0.475 e. The average molecular weight is 192 g/mol. The molecule has 0 fully saturated rings. The first-order chi connectivity index (χ1) is 6.66. The van der Waals surface area contributed by atoms with Crippen molar-refractivity contribution in [2.75, 3.05) is 0 Å². The summed E-state index contributed by atoms with van der Waals surface area (Å²) in [6, 6.07) is 4.77. The summed E-state index contributed by atoms with van der Waals surface area (Å²) in [4.78, 5) is 10.5. The Labute approximate surface area is 79.4 Å². The van der Waals surface area contributed by atoms with Crippen molar-refractivity contribution in [1.29, 1.82) is 0 Å². The van der Waals surface area contributed by atoms with E-state index in [1.54, 1.807) is 12.1 Å². The number of aromatic carboxylic acids is 1. The molecule has 0 atom stereocenters. The van der Waals surface area contributed by atoms with Crippen molar-refractivity contribution < 1.29 is 14.3 Å². The summed E-state index contributed by atoms with van der Waals surface area (Å²) in [7, 11) is 0. The molecule has 0 saturated heterocycles. The van der Waals surface area contributed by atoms with E-state index in [0.717, 1.165) is 5.69 Å². The Bertz CT molecular complexity index is 470. The number of furan rings is 1. The molecule has 0 aliphatic carbocycles. The number of carboxylic acid groups (broad SMARTS) is 1. The van der Waals surface area contributed by atoms with Gasteiger partial charge in [-0.05, 0) is 25.1 Å². The van der Waals surface area contributed by atoms with E-state index < -0.39 is 5.97 Å². The Balaban J connectivity index is 2.38. The third-order valence-corrected chi connectivity index (χ3v) is 1.78. The zero-order chi connectivity index (χ0) is 10.1. The Morgan fingerprint density at radius 1 is 1.57 bits per heavy atom. The molecule has 0 amide bonds. The second-order valence-electron chi connectivity index (χ2n) is 2.91. The minimum atomic E-state index is -1.08. The van der Waals surface area contributed by atoms with Crippen LogP contribution in [0.25, 0.3) is 11.5 Å². The van der Waals surface area contributed by atoms with Gasteiger partial charge in [-0.15, -0.1) is 0 Å². The fourth-order valence-electron chi connectivity index (χ4n) is 1.13. The van der Waals surface area contributed by atoms with E-state index in [9.17, 15) is 4.79 Å². The summed E-state index contributed by atoms with van der Waals surface area (Å²) >= 11 is 0. The number of aromatic nitrogens is 2. The summed E-state index contributed by atoms with van der Waals surface area (Å²) in [6.07, 6.45) is 0. The van der Waals surface area contributed by atoms with E-state index in [-0.39, 0.29) is 5.76 Å². The molecule has 0 bridgehead atoms. The number of hydrogen-bond acceptors (Lipinski definition) is 3. The molecule has 0 radical (unpaired) electrons. The van der Waals surface area contributed by atoms with Gasteiger partial charge in [-0.2, -0.15) is 5.10 Å². The average Bonchev–Trinajstić information content (AvgIpc) is 2.70. The molecule has 2 aromatic rings. The lowest BCUT2D eigenvalue weighted by Crippen LogP contribution is -1.91. The molecule has 2 N–H and O–H groups in total. The van der Waals surface area contributed by atoms with Crippen molar-refractivity contribution in [3.63, 3.8) is 0 Å². The van der Waals surface area contributed by atoms with Crippen LogP contribution in [0.4, 0.5) is 0 Å². The molecule has 2 aromatic heterocycles. The van der Waals surface area contributed by atoms with Gasteiger partial charge in [0.2, 0.25) is 5.76 Å². The van der Waals surface area contributed by atoms with Crippen LogP contribution in [0.5, 0.6) is 0 Å². The van der Waals surface area contributed by atoms with E-state index in [0.29, 0.717) is 11.5 Å². The first-order valence-corrected chi connectivity index (χ1v) is 4.02. The maximum Gasteiger partial charge on any atom is 0.371 e. The first kappa shape index (κ1) is 8.55. The van der Waals surface area contributed by atoms with Crippen LogP contribution in [0, 0.1) is 6.92 Å². The number of carbonyl (C=O) groups is 1. The lowest BCUT2D eigenvalue weighted by atomic mass is 10.3. The number of aromatic amines is 1. The number of aryl methyl sites for hydroxylation is 1. The standard InChI is InChI=1S/C9H8N2O3/c1-5-4-6(11-10-5)7-2-3-8(14-7)9(12)13/h2-4H,1H3,(H,10,11)(H,12,13). The first-order valence-electron chi connectivity index (χ1n) is 4.02. The van der Waals surface area contributed by atoms with E-state index in [4.69, 9.17) is 9.52 Å². The Kier molecular flexibility index (Phi) is 1.85. The van der Waals surface area contributed by atoms with Crippen molar-refractivity contribution in [1.82, 2.24) is 10.2 Å². The monoisotopic (exact) mass is 192 g/mol. The predicted octanol–water partition coefficient (Wildman–Crippen LogP) is 1.68. The summed E-state index contributed by atoms with van der Waals surface area (Å²) in [5.41, 5.74) is 1.50. The number of hydrogen-bond donors (Lipinski definition) is 2. The lowest BCUT2D eigenvalue weighted by Gasteiger charge is -1.87. The molecule has 72 valence electrons. The Hall–Kier alpha value is -2.04. The van der Waals surface area contributed by atoms with Gasteiger partial charge in [0.15, 0.2) is 5.76 Å². The molecule has 0 unspecified atom stereocenters. The summed E-state index contributed by atoms with van der Waals surface area (Å²) in [6.45, 7) is 1.86. The predicted molar refractivity (Wildman–Crippen MR) is 48.0 cm³/mol. The highest BCUT2D eigenvalue weighted by molar-refractivity contribution is 5.85. The van der Waals surface area contributed by atoms with E-state index >= 15 is 0 Å². The van der Waals surface area contributed by atoms with Crippen LogP contribution in [-0.4, -0.2) is 21.3 Å². The van der Waals surface area contributed by atoms with Gasteiger partial charge in [-0.3, -0.25) is 5.10 Å². The molecule has 0 aliphatic rings. The van der Waals surface area contributed by atoms with Crippen LogP contribution in [0.15, 0.2) is 22.6 Å². The molecule has 14 heavy (non-hydrogen) atoms. The van der Waals surface area contributed by atoms with Gasteiger partial charge in [-0.1, -0.05) is 0 Å². The number of nitrogens with zero attached hydrogens (tertiary/aromatic N) is 1. The zero-order valence-electron chi connectivity index (χ0n) is 7.44. The normalized spacial score (nSPS) is 10.4. The molecular formula is C9H8N2O3. The number of carboxylic acids is 1. The molecule has 2 rings (SSSR count). The van der Waals surface area contributed by atoms with Gasteiger partial charge in [0.25, 0.3) is 0 Å². The minimum Gasteiger partial charge on any atom is -0.475 e. The van der Waals surface area contributed by atoms with Crippen molar-refractivity contribution in [3.05, 3.63) is 29.7 Å². The summed E-state index contributed by atoms with van der Waals surface area (Å²) in [5, 5.41) is 15.3. The van der Waals surface area contributed by atoms with Crippen LogP contribution in [0.2, 0.25) is 0 Å². The van der Waals surface area contributed by atoms with Crippen molar-refractivity contribution in [2.24, 2.45) is 0 Å². The van der Waals surface area contributed by atoms with Crippen LogP contribution >= 0.6 is 0 Å². The van der Waals surface area contributed by atoms with Crippen LogP contribution < -0.4 is 0 Å². The smallest absolute Gasteiger partial charge is 0.371 e. The van der Waals surface area contributed by atoms with Crippen molar-refractivity contribution in [2.45, 2.75) is 6.92 Å². The van der Waals surface area contributed by atoms with Gasteiger partial charge in [0.05, 0.1) is 0 Å². The van der Waals surface area contributed by atoms with Gasteiger partial charge in [-0.25, -0.2) is 4.79 Å². The second-order valence-corrected chi connectivity index (χ2v) is 2.91. The molecule has 2 heterocycles. The van der Waals surface area contributed by atoms with Crippen molar-refractivity contribution >= 4 is 5.97 Å². The van der Waals surface area contributed by atoms with Crippen LogP contribution in [0.1, 0.15) is 16.2 Å². The van der Waals surface area contributed by atoms with E-state index in [2.05, 4.69) is 10.2 Å². The Morgan fingerprint density at radius 3 is 2.86 bits per heavy atom. The summed E-state index contributed by atoms with van der Waals surface area (Å²) in [5.74, 6) is -0.712. The number of rotatable bonds is 2. The molecule has 5 nitrogen and oxygen atoms in total. The molecule has 0 aliphatic heterocycles. The summed E-state index contributed by atoms with van der Waals surface area (Å²) < 4.78 is 5.06. The van der Waals surface area contributed by atoms with Gasteiger partial charge in [0, 0.05) is 5.69 Å². The number of H-pyrrole nitrogens is 1. The second kappa shape index (κ2) is 3.02. The molecule has 0 aromatic carbocycles. The van der Waals surface area contributed by atoms with Gasteiger partial charge < -0.3 is 9.52 Å². The highest BCUT2D eigenvalue weighted by Gasteiger charge is 2.11. The van der Waals surface area contributed by atoms with E-state index in [1.165, 1.54) is 6.07 Å². The fraction of sp³-hybridized carbons (Fsp3) is 0.111. The Morgan fingerprint density at radius 2 is 2.36 bits per heavy atom. The van der Waals surface area contributed by atoms with Crippen LogP contribution in [-0.2, 0) is 0 Å². The quantitative estimate of drug-likeness (QED) is 0.758. The van der Waals surface area contributed by atoms with Gasteiger partial charge in [0.1, 0.15) is 5.69 Å². The minimum absolute atomic E-state index is 0.0827. The SMILES string of the molecule is Cc1cc(-c2ccc(C(=O)O)o2)n[nH]1. The van der Waals surface area contributed by atoms with E-state index in [1.807, 2.05) is 6.92 Å². The van der Waals surface area contributed by atoms with Gasteiger partial charge >= 0.3 is 5.97 Å².